The molecule has 118 valence electrons. The molecule has 1 aromatic carbocycles. The van der Waals surface area contributed by atoms with Gasteiger partial charge < -0.3 is 15.8 Å². The Kier molecular flexibility index (Phi) is 9.09. The van der Waals surface area contributed by atoms with Gasteiger partial charge in [-0.2, -0.15) is 0 Å². The Morgan fingerprint density at radius 3 is 2.48 bits per heavy atom. The highest BCUT2D eigenvalue weighted by Gasteiger charge is 2.00. The fourth-order valence-electron chi connectivity index (χ4n) is 2.08. The van der Waals surface area contributed by atoms with Crippen molar-refractivity contribution in [2.75, 3.05) is 18.9 Å². The first-order valence-corrected chi connectivity index (χ1v) is 7.97. The summed E-state index contributed by atoms with van der Waals surface area (Å²) in [6.45, 7) is 3.23. The molecule has 0 aliphatic carbocycles. The summed E-state index contributed by atoms with van der Waals surface area (Å²) in [6, 6.07) is 7.25. The van der Waals surface area contributed by atoms with Crippen LogP contribution in [0.2, 0.25) is 0 Å². The van der Waals surface area contributed by atoms with Gasteiger partial charge in [0, 0.05) is 12.1 Å². The minimum absolute atomic E-state index is 0.117. The zero-order valence-electron chi connectivity index (χ0n) is 13.1. The van der Waals surface area contributed by atoms with Crippen molar-refractivity contribution in [3.63, 3.8) is 0 Å². The number of ether oxygens (including phenoxy) is 1. The average Bonchev–Trinajstić information content (AvgIpc) is 2.49. The van der Waals surface area contributed by atoms with Crippen molar-refractivity contribution in [3.05, 3.63) is 24.3 Å². The fourth-order valence-corrected chi connectivity index (χ4v) is 2.08. The standard InChI is InChI=1S/C17H28N2O2/c1-2-3-4-5-6-7-8-17(20)19-13-14-21-16-11-9-15(18)10-12-16/h9-12H,2-8,13-14,18H2,1H3,(H,19,20). The number of hydrogen-bond donors (Lipinski definition) is 2. The molecule has 0 aromatic heterocycles. The maximum atomic E-state index is 11.6. The molecule has 0 radical (unpaired) electrons. The van der Waals surface area contributed by atoms with Gasteiger partial charge in [-0.05, 0) is 30.7 Å². The van der Waals surface area contributed by atoms with Crippen LogP contribution in [-0.4, -0.2) is 19.1 Å². The van der Waals surface area contributed by atoms with E-state index in [1.807, 2.05) is 12.1 Å². The number of nitrogens with one attached hydrogen (secondary N) is 1. The molecule has 0 saturated heterocycles. The van der Waals surface area contributed by atoms with Crippen LogP contribution in [0.3, 0.4) is 0 Å². The summed E-state index contributed by atoms with van der Waals surface area (Å²) >= 11 is 0. The van der Waals surface area contributed by atoms with Crippen molar-refractivity contribution in [1.82, 2.24) is 5.32 Å². The first-order valence-electron chi connectivity index (χ1n) is 7.97. The van der Waals surface area contributed by atoms with Crippen LogP contribution in [0.15, 0.2) is 24.3 Å². The smallest absolute Gasteiger partial charge is 0.220 e. The Hall–Kier alpha value is -1.71. The number of amides is 1. The summed E-state index contributed by atoms with van der Waals surface area (Å²) in [5, 5.41) is 2.88. The molecular weight excluding hydrogens is 264 g/mol. The van der Waals surface area contributed by atoms with Crippen LogP contribution < -0.4 is 15.8 Å². The number of unbranched alkanes of at least 4 members (excludes halogenated alkanes) is 5. The molecule has 0 bridgehead atoms. The molecule has 0 unspecified atom stereocenters. The molecule has 1 rings (SSSR count). The van der Waals surface area contributed by atoms with E-state index in [2.05, 4.69) is 12.2 Å². The lowest BCUT2D eigenvalue weighted by Gasteiger charge is -2.08. The second-order valence-electron chi connectivity index (χ2n) is 5.29. The second kappa shape index (κ2) is 11.0. The number of hydrogen-bond acceptors (Lipinski definition) is 3. The van der Waals surface area contributed by atoms with Gasteiger partial charge in [0.25, 0.3) is 0 Å². The van der Waals surface area contributed by atoms with Gasteiger partial charge in [0.15, 0.2) is 0 Å². The van der Waals surface area contributed by atoms with Crippen LogP contribution in [0.4, 0.5) is 5.69 Å². The quantitative estimate of drug-likeness (QED) is 0.484. The zero-order chi connectivity index (χ0) is 15.3. The van der Waals surface area contributed by atoms with Crippen LogP contribution >= 0.6 is 0 Å². The van der Waals surface area contributed by atoms with Crippen molar-refractivity contribution >= 4 is 11.6 Å². The monoisotopic (exact) mass is 292 g/mol. The zero-order valence-corrected chi connectivity index (χ0v) is 13.1. The van der Waals surface area contributed by atoms with E-state index in [-0.39, 0.29) is 5.91 Å². The van der Waals surface area contributed by atoms with Gasteiger partial charge in [-0.3, -0.25) is 4.79 Å². The minimum Gasteiger partial charge on any atom is -0.492 e. The van der Waals surface area contributed by atoms with E-state index in [0.29, 0.717) is 19.6 Å². The van der Waals surface area contributed by atoms with Gasteiger partial charge in [-0.1, -0.05) is 39.0 Å². The second-order valence-corrected chi connectivity index (χ2v) is 5.29. The molecule has 1 amide bonds. The molecule has 0 spiro atoms. The Balaban J connectivity index is 1.97. The van der Waals surface area contributed by atoms with E-state index >= 15 is 0 Å². The number of benzene rings is 1. The molecule has 4 nitrogen and oxygen atoms in total. The van der Waals surface area contributed by atoms with Crippen LogP contribution in [0.5, 0.6) is 5.75 Å². The lowest BCUT2D eigenvalue weighted by molar-refractivity contribution is -0.121. The summed E-state index contributed by atoms with van der Waals surface area (Å²) < 4.78 is 5.51. The van der Waals surface area contributed by atoms with E-state index in [1.165, 1.54) is 25.7 Å². The molecule has 0 heterocycles. The van der Waals surface area contributed by atoms with Crippen molar-refractivity contribution < 1.29 is 9.53 Å². The van der Waals surface area contributed by atoms with E-state index in [0.717, 1.165) is 24.3 Å². The molecule has 0 atom stereocenters. The summed E-state index contributed by atoms with van der Waals surface area (Å²) in [5.41, 5.74) is 6.31. The molecule has 4 heteroatoms. The number of carbonyl (C=O) groups is 1. The minimum atomic E-state index is 0.117. The predicted octanol–water partition coefficient (Wildman–Crippen LogP) is 3.51. The fraction of sp³-hybridized carbons (Fsp3) is 0.588. The summed E-state index contributed by atoms with van der Waals surface area (Å²) in [7, 11) is 0. The number of nitrogens with two attached hydrogens (primary N) is 1. The Morgan fingerprint density at radius 1 is 1.10 bits per heavy atom. The molecule has 3 N–H and O–H groups in total. The van der Waals surface area contributed by atoms with Gasteiger partial charge in [-0.25, -0.2) is 0 Å². The highest BCUT2D eigenvalue weighted by molar-refractivity contribution is 5.75. The van der Waals surface area contributed by atoms with Gasteiger partial charge in [0.2, 0.25) is 5.91 Å². The maximum absolute atomic E-state index is 11.6. The Labute approximate surface area is 128 Å². The molecule has 21 heavy (non-hydrogen) atoms. The third kappa shape index (κ3) is 8.95. The SMILES string of the molecule is CCCCCCCCC(=O)NCCOc1ccc(N)cc1. The number of rotatable bonds is 11. The topological polar surface area (TPSA) is 64.3 Å². The normalized spacial score (nSPS) is 10.3. The van der Waals surface area contributed by atoms with Crippen molar-refractivity contribution in [1.29, 1.82) is 0 Å². The third-order valence-electron chi connectivity index (χ3n) is 3.33. The Bertz CT molecular complexity index is 390. The highest BCUT2D eigenvalue weighted by atomic mass is 16.5. The van der Waals surface area contributed by atoms with Gasteiger partial charge in [-0.15, -0.1) is 0 Å². The van der Waals surface area contributed by atoms with Gasteiger partial charge >= 0.3 is 0 Å². The van der Waals surface area contributed by atoms with Gasteiger partial charge in [0.05, 0.1) is 6.54 Å². The summed E-state index contributed by atoms with van der Waals surface area (Å²) in [4.78, 5) is 11.6. The number of nitrogen functional groups attached to an aromatic ring is 1. The molecule has 0 fully saturated rings. The lowest BCUT2D eigenvalue weighted by Crippen LogP contribution is -2.27. The molecule has 0 aliphatic heterocycles. The number of carbonyl (C=O) groups excluding carboxylic acids is 1. The number of anilines is 1. The highest BCUT2D eigenvalue weighted by Crippen LogP contribution is 2.12. The van der Waals surface area contributed by atoms with E-state index < -0.39 is 0 Å². The van der Waals surface area contributed by atoms with Crippen LogP contribution in [-0.2, 0) is 4.79 Å². The van der Waals surface area contributed by atoms with Crippen LogP contribution in [0.25, 0.3) is 0 Å². The average molecular weight is 292 g/mol. The van der Waals surface area contributed by atoms with Crippen LogP contribution in [0.1, 0.15) is 51.9 Å². The predicted molar refractivity (Wildman–Crippen MR) is 87.4 cm³/mol. The first-order chi connectivity index (χ1) is 10.2. The van der Waals surface area contributed by atoms with Crippen molar-refractivity contribution in [3.8, 4) is 5.75 Å². The molecule has 0 saturated carbocycles. The maximum Gasteiger partial charge on any atom is 0.220 e. The largest absolute Gasteiger partial charge is 0.492 e. The first kappa shape index (κ1) is 17.3. The van der Waals surface area contributed by atoms with Crippen molar-refractivity contribution in [2.24, 2.45) is 0 Å². The van der Waals surface area contributed by atoms with E-state index in [4.69, 9.17) is 10.5 Å². The molecular formula is C17H28N2O2. The van der Waals surface area contributed by atoms with E-state index in [1.54, 1.807) is 12.1 Å². The third-order valence-corrected chi connectivity index (χ3v) is 3.33. The van der Waals surface area contributed by atoms with E-state index in [9.17, 15) is 4.79 Å². The van der Waals surface area contributed by atoms with Crippen LogP contribution in [0, 0.1) is 0 Å². The summed E-state index contributed by atoms with van der Waals surface area (Å²) in [6.07, 6.45) is 7.83. The lowest BCUT2D eigenvalue weighted by atomic mass is 10.1. The molecule has 0 aliphatic rings. The van der Waals surface area contributed by atoms with Gasteiger partial charge in [0.1, 0.15) is 12.4 Å². The van der Waals surface area contributed by atoms with Crippen molar-refractivity contribution in [2.45, 2.75) is 51.9 Å². The molecule has 1 aromatic rings. The summed E-state index contributed by atoms with van der Waals surface area (Å²) in [5.74, 6) is 0.890. The Morgan fingerprint density at radius 2 is 1.76 bits per heavy atom.